The number of halogens is 2. The summed E-state index contributed by atoms with van der Waals surface area (Å²) in [6.45, 7) is 1.49. The second kappa shape index (κ2) is 7.40. The molecule has 1 atom stereocenters. The van der Waals surface area contributed by atoms with Crippen molar-refractivity contribution >= 4 is 17.7 Å². The van der Waals surface area contributed by atoms with Crippen LogP contribution in [0.25, 0.3) is 6.08 Å². The third-order valence-electron chi connectivity index (χ3n) is 3.92. The summed E-state index contributed by atoms with van der Waals surface area (Å²) in [5, 5.41) is 13.7. The molecule has 7 nitrogen and oxygen atoms in total. The molecule has 3 rings (SSSR count). The number of benzene rings is 2. The lowest BCUT2D eigenvalue weighted by Gasteiger charge is -2.13. The second-order valence-electron chi connectivity index (χ2n) is 5.75. The Hall–Kier alpha value is -3.49. The highest BCUT2D eigenvalue weighted by Crippen LogP contribution is 2.38. The van der Waals surface area contributed by atoms with Gasteiger partial charge in [-0.3, -0.25) is 14.9 Å². The van der Waals surface area contributed by atoms with Gasteiger partial charge < -0.3 is 14.8 Å². The maximum Gasteiger partial charge on any atom is 0.280 e. The van der Waals surface area contributed by atoms with Gasteiger partial charge in [-0.1, -0.05) is 6.07 Å². The zero-order valence-corrected chi connectivity index (χ0v) is 14.1. The van der Waals surface area contributed by atoms with E-state index < -0.39 is 28.5 Å². The van der Waals surface area contributed by atoms with Gasteiger partial charge in [0.25, 0.3) is 5.69 Å². The van der Waals surface area contributed by atoms with Gasteiger partial charge in [-0.25, -0.2) is 8.78 Å². The van der Waals surface area contributed by atoms with E-state index in [1.165, 1.54) is 31.2 Å². The lowest BCUT2D eigenvalue weighted by atomic mass is 10.1. The topological polar surface area (TPSA) is 90.7 Å². The normalized spacial score (nSPS) is 13.6. The molecule has 0 radical (unpaired) electrons. The lowest BCUT2D eigenvalue weighted by Crippen LogP contribution is -2.25. The van der Waals surface area contributed by atoms with Gasteiger partial charge in [-0.05, 0) is 25.1 Å². The summed E-state index contributed by atoms with van der Waals surface area (Å²) in [7, 11) is 0. The number of nitro benzene ring substituents is 1. The average Bonchev–Trinajstić information content (AvgIpc) is 3.06. The van der Waals surface area contributed by atoms with Crippen LogP contribution in [0, 0.1) is 21.7 Å². The van der Waals surface area contributed by atoms with Crippen molar-refractivity contribution in [2.24, 2.45) is 0 Å². The molecule has 0 spiro atoms. The van der Waals surface area contributed by atoms with Crippen LogP contribution in [0.3, 0.4) is 0 Å². The van der Waals surface area contributed by atoms with Crippen LogP contribution in [-0.4, -0.2) is 17.6 Å². The molecule has 0 aliphatic carbocycles. The molecule has 0 bridgehead atoms. The van der Waals surface area contributed by atoms with Crippen LogP contribution >= 0.6 is 0 Å². The minimum atomic E-state index is -0.779. The number of hydrogen-bond donors (Lipinski definition) is 1. The fourth-order valence-corrected chi connectivity index (χ4v) is 2.60. The van der Waals surface area contributed by atoms with Gasteiger partial charge in [0.1, 0.15) is 11.6 Å². The highest BCUT2D eigenvalue weighted by molar-refractivity contribution is 5.92. The molecule has 0 saturated heterocycles. The molecule has 2 aromatic carbocycles. The van der Waals surface area contributed by atoms with Crippen molar-refractivity contribution in [3.8, 4) is 11.5 Å². The van der Waals surface area contributed by atoms with Crippen molar-refractivity contribution < 1.29 is 28.0 Å². The summed E-state index contributed by atoms with van der Waals surface area (Å²) in [6, 6.07) is 4.94. The number of fused-ring (bicyclic) bond motifs is 1. The average molecular weight is 376 g/mol. The Morgan fingerprint density at radius 3 is 2.63 bits per heavy atom. The third kappa shape index (κ3) is 4.02. The van der Waals surface area contributed by atoms with Gasteiger partial charge in [0.15, 0.2) is 11.5 Å². The van der Waals surface area contributed by atoms with E-state index in [4.69, 9.17) is 9.47 Å². The van der Waals surface area contributed by atoms with E-state index in [1.807, 2.05) is 0 Å². The zero-order valence-electron chi connectivity index (χ0n) is 14.1. The standard InChI is InChI=1S/C18H14F2N2O5/c1-10(13-4-3-12(19)7-14(13)20)21-18(23)5-2-11-6-16-17(27-9-26-16)8-15(11)22(24)25/h2-8,10H,9H2,1H3,(H,21,23)/b5-2+/t10-/m1/s1. The molecule has 1 N–H and O–H groups in total. The lowest BCUT2D eigenvalue weighted by molar-refractivity contribution is -0.385. The first-order chi connectivity index (χ1) is 12.8. The molecule has 1 heterocycles. The number of carbonyl (C=O) groups is 1. The van der Waals surface area contributed by atoms with Crippen LogP contribution in [0.2, 0.25) is 0 Å². The van der Waals surface area contributed by atoms with Crippen molar-refractivity contribution in [1.29, 1.82) is 0 Å². The Morgan fingerprint density at radius 2 is 1.96 bits per heavy atom. The molecule has 27 heavy (non-hydrogen) atoms. The van der Waals surface area contributed by atoms with E-state index in [0.717, 1.165) is 18.2 Å². The van der Waals surface area contributed by atoms with Gasteiger partial charge in [0.2, 0.25) is 12.7 Å². The molecule has 2 aromatic rings. The Morgan fingerprint density at radius 1 is 1.26 bits per heavy atom. The van der Waals surface area contributed by atoms with Crippen LogP contribution in [0.1, 0.15) is 24.1 Å². The second-order valence-corrected chi connectivity index (χ2v) is 5.75. The van der Waals surface area contributed by atoms with Crippen molar-refractivity contribution in [2.45, 2.75) is 13.0 Å². The quantitative estimate of drug-likeness (QED) is 0.490. The maximum absolute atomic E-state index is 13.8. The minimum Gasteiger partial charge on any atom is -0.454 e. The van der Waals surface area contributed by atoms with Gasteiger partial charge in [0, 0.05) is 17.7 Å². The van der Waals surface area contributed by atoms with Crippen molar-refractivity contribution in [3.05, 3.63) is 69.3 Å². The summed E-state index contributed by atoms with van der Waals surface area (Å²) >= 11 is 0. The molecule has 1 amide bonds. The van der Waals surface area contributed by atoms with Crippen LogP contribution in [-0.2, 0) is 4.79 Å². The fourth-order valence-electron chi connectivity index (χ4n) is 2.60. The zero-order chi connectivity index (χ0) is 19.6. The van der Waals surface area contributed by atoms with Crippen LogP contribution in [0.5, 0.6) is 11.5 Å². The van der Waals surface area contributed by atoms with E-state index in [9.17, 15) is 23.7 Å². The van der Waals surface area contributed by atoms with Crippen molar-refractivity contribution in [1.82, 2.24) is 5.32 Å². The predicted molar refractivity (Wildman–Crippen MR) is 91.2 cm³/mol. The first-order valence-electron chi connectivity index (χ1n) is 7.86. The summed E-state index contributed by atoms with van der Waals surface area (Å²) in [5.74, 6) is -1.51. The summed E-state index contributed by atoms with van der Waals surface area (Å²) in [5.41, 5.74) is 0.0214. The van der Waals surface area contributed by atoms with Gasteiger partial charge >= 0.3 is 0 Å². The Kier molecular flexibility index (Phi) is 5.02. The monoisotopic (exact) mass is 376 g/mol. The van der Waals surface area contributed by atoms with E-state index in [0.29, 0.717) is 5.75 Å². The van der Waals surface area contributed by atoms with Gasteiger partial charge in [0.05, 0.1) is 22.6 Å². The molecule has 1 aliphatic heterocycles. The Bertz CT molecular complexity index is 946. The predicted octanol–water partition coefficient (Wildman–Crippen LogP) is 3.49. The number of carbonyl (C=O) groups excluding carboxylic acids is 1. The number of hydrogen-bond acceptors (Lipinski definition) is 5. The number of nitrogens with one attached hydrogen (secondary N) is 1. The molecular formula is C18H14F2N2O5. The molecule has 0 saturated carbocycles. The van der Waals surface area contributed by atoms with E-state index in [2.05, 4.69) is 5.32 Å². The van der Waals surface area contributed by atoms with Crippen LogP contribution in [0.15, 0.2) is 36.4 Å². The summed E-state index contributed by atoms with van der Waals surface area (Å²) in [4.78, 5) is 22.7. The number of nitrogens with zero attached hydrogens (tertiary/aromatic N) is 1. The highest BCUT2D eigenvalue weighted by atomic mass is 19.1. The molecule has 0 aromatic heterocycles. The van der Waals surface area contributed by atoms with Crippen molar-refractivity contribution in [2.75, 3.05) is 6.79 Å². The molecular weight excluding hydrogens is 362 g/mol. The first kappa shape index (κ1) is 18.3. The fraction of sp³-hybridized carbons (Fsp3) is 0.167. The van der Waals surface area contributed by atoms with E-state index in [1.54, 1.807) is 0 Å². The molecule has 0 fully saturated rings. The molecule has 9 heteroatoms. The molecule has 1 aliphatic rings. The third-order valence-corrected chi connectivity index (χ3v) is 3.92. The Labute approximate surface area is 152 Å². The SMILES string of the molecule is C[C@@H](NC(=O)/C=C/c1cc2c(cc1[N+](=O)[O-])OCO2)c1ccc(F)cc1F. The van der Waals surface area contributed by atoms with E-state index in [-0.39, 0.29) is 29.4 Å². The van der Waals surface area contributed by atoms with Crippen LogP contribution in [0.4, 0.5) is 14.5 Å². The van der Waals surface area contributed by atoms with Gasteiger partial charge in [-0.15, -0.1) is 0 Å². The van der Waals surface area contributed by atoms with Gasteiger partial charge in [-0.2, -0.15) is 0 Å². The molecule has 140 valence electrons. The number of nitro groups is 1. The summed E-state index contributed by atoms with van der Waals surface area (Å²) < 4.78 is 37.0. The maximum atomic E-state index is 13.8. The Balaban J connectivity index is 1.76. The van der Waals surface area contributed by atoms with E-state index >= 15 is 0 Å². The summed E-state index contributed by atoms with van der Waals surface area (Å²) in [6.07, 6.45) is 2.34. The largest absolute Gasteiger partial charge is 0.454 e. The smallest absolute Gasteiger partial charge is 0.280 e. The number of rotatable bonds is 5. The first-order valence-corrected chi connectivity index (χ1v) is 7.86. The number of amides is 1. The van der Waals surface area contributed by atoms with Crippen LogP contribution < -0.4 is 14.8 Å². The number of ether oxygens (including phenoxy) is 2. The minimum absolute atomic E-state index is 0.0408. The highest BCUT2D eigenvalue weighted by Gasteiger charge is 2.22. The van der Waals surface area contributed by atoms with Crippen molar-refractivity contribution in [3.63, 3.8) is 0 Å². The molecule has 0 unspecified atom stereocenters.